The van der Waals surface area contributed by atoms with E-state index in [9.17, 15) is 26.3 Å². The Kier molecular flexibility index (Phi) is 4.31. The lowest BCUT2D eigenvalue weighted by molar-refractivity contribution is -0.300. The van der Waals surface area contributed by atoms with Crippen LogP contribution >= 0.6 is 11.6 Å². The molecular weight excluding hydrogens is 288 g/mol. The Morgan fingerprint density at radius 1 is 1.11 bits per heavy atom. The Morgan fingerprint density at radius 2 is 1.67 bits per heavy atom. The molecule has 0 aliphatic rings. The molecule has 102 valence electrons. The maximum atomic E-state index is 12.2. The van der Waals surface area contributed by atoms with Crippen molar-refractivity contribution in [3.8, 4) is 5.88 Å². The first-order valence-corrected chi connectivity index (χ1v) is 5.00. The van der Waals surface area contributed by atoms with Crippen LogP contribution in [0.4, 0.5) is 26.3 Å². The number of ether oxygens (including phenoxy) is 1. The summed E-state index contributed by atoms with van der Waals surface area (Å²) in [6.07, 6.45) is -15.1. The molecule has 0 amide bonds. The third kappa shape index (κ3) is 3.94. The summed E-state index contributed by atoms with van der Waals surface area (Å²) in [4.78, 5) is 3.40. The average Bonchev–Trinajstić information content (AvgIpc) is 2.23. The van der Waals surface area contributed by atoms with E-state index in [1.807, 2.05) is 0 Å². The number of nitrogens with zero attached hydrogens (tertiary/aromatic N) is 1. The fraction of sp³-hybridized carbons (Fsp3) is 0.444. The normalized spacial score (nSPS) is 12.9. The maximum absolute atomic E-state index is 12.2. The molecular formula is C9H6ClF6NO. The number of hydrogen-bond donors (Lipinski definition) is 0. The van der Waals surface area contributed by atoms with Crippen LogP contribution in [-0.4, -0.2) is 23.4 Å². The summed E-state index contributed by atoms with van der Waals surface area (Å²) in [5.74, 6) is -0.937. The van der Waals surface area contributed by atoms with E-state index in [-0.39, 0.29) is 11.6 Å². The van der Waals surface area contributed by atoms with Crippen molar-refractivity contribution in [1.82, 2.24) is 4.98 Å². The Bertz CT molecular complexity index is 391. The van der Waals surface area contributed by atoms with Crippen LogP contribution < -0.4 is 4.74 Å². The Morgan fingerprint density at radius 3 is 2.11 bits per heavy atom. The van der Waals surface area contributed by atoms with E-state index in [2.05, 4.69) is 9.72 Å². The number of hydrogen-bond acceptors (Lipinski definition) is 2. The van der Waals surface area contributed by atoms with E-state index in [4.69, 9.17) is 11.6 Å². The molecule has 0 aliphatic carbocycles. The van der Waals surface area contributed by atoms with Gasteiger partial charge in [0.1, 0.15) is 0 Å². The van der Waals surface area contributed by atoms with Gasteiger partial charge >= 0.3 is 12.4 Å². The van der Waals surface area contributed by atoms with Gasteiger partial charge in [-0.2, -0.15) is 26.3 Å². The molecule has 1 aromatic rings. The van der Waals surface area contributed by atoms with Crippen molar-refractivity contribution in [3.05, 3.63) is 23.9 Å². The summed E-state index contributed by atoms with van der Waals surface area (Å²) >= 11 is 5.35. The molecule has 1 heterocycles. The molecule has 0 N–H and O–H groups in total. The van der Waals surface area contributed by atoms with Crippen LogP contribution in [0.1, 0.15) is 5.69 Å². The molecule has 0 spiro atoms. The lowest BCUT2D eigenvalue weighted by Gasteiger charge is -2.23. The maximum Gasteiger partial charge on any atom is 0.434 e. The molecule has 1 aromatic heterocycles. The quantitative estimate of drug-likeness (QED) is 0.626. The molecule has 0 saturated heterocycles. The van der Waals surface area contributed by atoms with Gasteiger partial charge in [-0.25, -0.2) is 4.98 Å². The second-order valence-corrected chi connectivity index (χ2v) is 3.45. The molecule has 9 heteroatoms. The van der Waals surface area contributed by atoms with E-state index < -0.39 is 24.3 Å². The summed E-state index contributed by atoms with van der Waals surface area (Å²) in [5.41, 5.74) is 0.109. The highest BCUT2D eigenvalue weighted by Gasteiger charge is 2.59. The zero-order valence-electron chi connectivity index (χ0n) is 8.52. The van der Waals surface area contributed by atoms with E-state index in [0.29, 0.717) is 0 Å². The Hall–Kier alpha value is -1.18. The second kappa shape index (κ2) is 5.21. The van der Waals surface area contributed by atoms with E-state index in [0.717, 1.165) is 6.07 Å². The van der Waals surface area contributed by atoms with Crippen LogP contribution in [-0.2, 0) is 5.88 Å². The van der Waals surface area contributed by atoms with Gasteiger partial charge in [-0.05, 0) is 6.07 Å². The molecule has 0 atom stereocenters. The van der Waals surface area contributed by atoms with Gasteiger partial charge in [-0.1, -0.05) is 6.07 Å². The van der Waals surface area contributed by atoms with Crippen LogP contribution in [0.3, 0.4) is 0 Å². The van der Waals surface area contributed by atoms with Gasteiger partial charge in [-0.3, -0.25) is 0 Å². The summed E-state index contributed by atoms with van der Waals surface area (Å²) in [6, 6.07) is 3.43. The summed E-state index contributed by atoms with van der Waals surface area (Å²) in [6.45, 7) is 0. The van der Waals surface area contributed by atoms with Gasteiger partial charge in [0, 0.05) is 6.07 Å². The fourth-order valence-electron chi connectivity index (χ4n) is 1.04. The van der Waals surface area contributed by atoms with E-state index in [1.165, 1.54) is 12.1 Å². The second-order valence-electron chi connectivity index (χ2n) is 3.18. The van der Waals surface area contributed by atoms with Crippen molar-refractivity contribution < 1.29 is 31.1 Å². The van der Waals surface area contributed by atoms with Gasteiger partial charge < -0.3 is 4.74 Å². The molecule has 0 fully saturated rings. The highest BCUT2D eigenvalue weighted by atomic mass is 35.5. The van der Waals surface area contributed by atoms with Crippen molar-refractivity contribution in [2.45, 2.75) is 24.3 Å². The lowest BCUT2D eigenvalue weighted by atomic mass is 10.3. The Labute approximate surface area is 103 Å². The first-order chi connectivity index (χ1) is 8.14. The van der Waals surface area contributed by atoms with E-state index >= 15 is 0 Å². The highest BCUT2D eigenvalue weighted by molar-refractivity contribution is 6.16. The van der Waals surface area contributed by atoms with Crippen molar-refractivity contribution in [2.24, 2.45) is 0 Å². The predicted molar refractivity (Wildman–Crippen MR) is 50.3 cm³/mol. The molecule has 0 aromatic carbocycles. The minimum absolute atomic E-state index is 0.109. The first kappa shape index (κ1) is 14.9. The third-order valence-corrected chi connectivity index (χ3v) is 2.03. The number of rotatable bonds is 3. The zero-order chi connectivity index (χ0) is 14.0. The van der Waals surface area contributed by atoms with Crippen molar-refractivity contribution in [2.75, 3.05) is 0 Å². The molecule has 0 radical (unpaired) electrons. The zero-order valence-corrected chi connectivity index (χ0v) is 9.27. The number of alkyl halides is 7. The Balaban J connectivity index is 2.97. The van der Waals surface area contributed by atoms with Crippen LogP contribution in [0.5, 0.6) is 5.88 Å². The SMILES string of the molecule is FC(F)(F)C(Oc1cccc(CCl)n1)C(F)(F)F. The van der Waals surface area contributed by atoms with E-state index in [1.54, 1.807) is 0 Å². The standard InChI is InChI=1S/C9H6ClF6NO/c10-4-5-2-1-3-6(17-5)18-7(8(11,12)13)9(14,15)16/h1-3,7H,4H2. The molecule has 0 saturated carbocycles. The van der Waals surface area contributed by atoms with Crippen LogP contribution in [0.2, 0.25) is 0 Å². The smallest absolute Gasteiger partial charge is 0.434 e. The van der Waals surface area contributed by atoms with Crippen molar-refractivity contribution >= 4 is 11.6 Å². The van der Waals surface area contributed by atoms with Crippen molar-refractivity contribution in [1.29, 1.82) is 0 Å². The van der Waals surface area contributed by atoms with Gasteiger partial charge in [-0.15, -0.1) is 11.6 Å². The number of pyridine rings is 1. The molecule has 0 unspecified atom stereocenters. The van der Waals surface area contributed by atoms with Gasteiger partial charge in [0.2, 0.25) is 5.88 Å². The molecule has 1 rings (SSSR count). The first-order valence-electron chi connectivity index (χ1n) is 4.46. The lowest BCUT2D eigenvalue weighted by Crippen LogP contribution is -2.46. The summed E-state index contributed by atoms with van der Waals surface area (Å²) < 4.78 is 77.0. The van der Waals surface area contributed by atoms with Gasteiger partial charge in [0.15, 0.2) is 0 Å². The monoisotopic (exact) mass is 293 g/mol. The summed E-state index contributed by atoms with van der Waals surface area (Å²) in [5, 5.41) is 0. The minimum atomic E-state index is -5.57. The topological polar surface area (TPSA) is 22.1 Å². The third-order valence-electron chi connectivity index (χ3n) is 1.75. The minimum Gasteiger partial charge on any atom is -0.455 e. The average molecular weight is 294 g/mol. The number of halogens is 7. The predicted octanol–water partition coefficient (Wildman–Crippen LogP) is 3.69. The van der Waals surface area contributed by atoms with Crippen LogP contribution in [0.25, 0.3) is 0 Å². The van der Waals surface area contributed by atoms with Crippen molar-refractivity contribution in [3.63, 3.8) is 0 Å². The largest absolute Gasteiger partial charge is 0.455 e. The molecule has 2 nitrogen and oxygen atoms in total. The van der Waals surface area contributed by atoms with Gasteiger partial charge in [0.25, 0.3) is 6.10 Å². The van der Waals surface area contributed by atoms with Crippen LogP contribution in [0, 0.1) is 0 Å². The molecule has 18 heavy (non-hydrogen) atoms. The van der Waals surface area contributed by atoms with Crippen LogP contribution in [0.15, 0.2) is 18.2 Å². The molecule has 0 bridgehead atoms. The fourth-order valence-corrected chi connectivity index (χ4v) is 1.19. The van der Waals surface area contributed by atoms with Gasteiger partial charge in [0.05, 0.1) is 11.6 Å². The summed E-state index contributed by atoms with van der Waals surface area (Å²) in [7, 11) is 0. The number of aromatic nitrogens is 1. The highest BCUT2D eigenvalue weighted by Crippen LogP contribution is 2.36. The molecule has 0 aliphatic heterocycles.